The van der Waals surface area contributed by atoms with Crippen LogP contribution in [0, 0.1) is 0 Å². The fourth-order valence-electron chi connectivity index (χ4n) is 3.51. The van der Waals surface area contributed by atoms with E-state index in [9.17, 15) is 9.59 Å². The molecule has 6 heteroatoms. The fourth-order valence-corrected chi connectivity index (χ4v) is 3.51. The van der Waals surface area contributed by atoms with Gasteiger partial charge in [-0.05, 0) is 38.5 Å². The van der Waals surface area contributed by atoms with Crippen LogP contribution in [-0.2, 0) is 16.0 Å². The number of hydrogen-bond acceptors (Lipinski definition) is 4. The molecule has 1 saturated heterocycles. The van der Waals surface area contributed by atoms with E-state index in [-0.39, 0.29) is 17.9 Å². The van der Waals surface area contributed by atoms with Gasteiger partial charge >= 0.3 is 0 Å². The molecule has 0 aromatic heterocycles. The van der Waals surface area contributed by atoms with Gasteiger partial charge in [0.05, 0.1) is 6.61 Å². The van der Waals surface area contributed by atoms with Gasteiger partial charge in [0.15, 0.2) is 0 Å². The zero-order valence-electron chi connectivity index (χ0n) is 15.6. The molecule has 2 aliphatic heterocycles. The van der Waals surface area contributed by atoms with Gasteiger partial charge in [0, 0.05) is 36.7 Å². The summed E-state index contributed by atoms with van der Waals surface area (Å²) < 4.78 is 11.6. The number of amides is 2. The van der Waals surface area contributed by atoms with Crippen LogP contribution in [0.1, 0.15) is 38.3 Å². The maximum absolute atomic E-state index is 12.6. The van der Waals surface area contributed by atoms with Crippen LogP contribution in [-0.4, -0.2) is 48.6 Å². The molecule has 0 spiro atoms. The summed E-state index contributed by atoms with van der Waals surface area (Å²) in [6.45, 7) is 7.44. The molecule has 6 nitrogen and oxygen atoms in total. The van der Waals surface area contributed by atoms with Crippen molar-refractivity contribution in [3.8, 4) is 11.5 Å². The van der Waals surface area contributed by atoms with Crippen LogP contribution >= 0.6 is 0 Å². The Morgan fingerprint density at radius 2 is 2.23 bits per heavy atom. The van der Waals surface area contributed by atoms with Crippen molar-refractivity contribution in [1.29, 1.82) is 0 Å². The number of piperazine rings is 1. The van der Waals surface area contributed by atoms with Gasteiger partial charge in [-0.3, -0.25) is 9.59 Å². The quantitative estimate of drug-likeness (QED) is 0.819. The van der Waals surface area contributed by atoms with Crippen molar-refractivity contribution in [2.24, 2.45) is 0 Å². The fraction of sp³-hybridized carbons (Fsp3) is 0.500. The zero-order valence-corrected chi connectivity index (χ0v) is 15.6. The predicted molar refractivity (Wildman–Crippen MR) is 99.2 cm³/mol. The third kappa shape index (κ3) is 3.69. The Morgan fingerprint density at radius 3 is 2.96 bits per heavy atom. The Morgan fingerprint density at radius 1 is 1.42 bits per heavy atom. The Hall–Kier alpha value is -2.50. The number of hydrogen-bond donors (Lipinski definition) is 1. The molecular weight excluding hydrogens is 332 g/mol. The third-order valence-corrected chi connectivity index (χ3v) is 4.73. The van der Waals surface area contributed by atoms with E-state index in [1.165, 1.54) is 6.08 Å². The summed E-state index contributed by atoms with van der Waals surface area (Å²) in [7, 11) is 0. The molecule has 140 valence electrons. The lowest BCUT2D eigenvalue weighted by atomic mass is 10.1. The normalized spacial score (nSPS) is 22.1. The first-order valence-corrected chi connectivity index (χ1v) is 9.26. The van der Waals surface area contributed by atoms with Crippen LogP contribution in [0.2, 0.25) is 0 Å². The van der Waals surface area contributed by atoms with E-state index < -0.39 is 6.04 Å². The summed E-state index contributed by atoms with van der Waals surface area (Å²) in [4.78, 5) is 26.2. The minimum absolute atomic E-state index is 0.0876. The van der Waals surface area contributed by atoms with E-state index in [0.717, 1.165) is 29.0 Å². The number of ether oxygens (including phenoxy) is 2. The van der Waals surface area contributed by atoms with Gasteiger partial charge < -0.3 is 19.7 Å². The van der Waals surface area contributed by atoms with Crippen LogP contribution in [0.15, 0.2) is 18.2 Å². The third-order valence-electron chi connectivity index (χ3n) is 4.73. The Kier molecular flexibility index (Phi) is 5.49. The van der Waals surface area contributed by atoms with Crippen LogP contribution < -0.4 is 14.8 Å². The van der Waals surface area contributed by atoms with Gasteiger partial charge in [-0.1, -0.05) is 6.92 Å². The molecule has 2 amide bonds. The second-order valence-electron chi connectivity index (χ2n) is 6.64. The van der Waals surface area contributed by atoms with Gasteiger partial charge in [0.1, 0.15) is 23.6 Å². The summed E-state index contributed by atoms with van der Waals surface area (Å²) in [5.74, 6) is 1.34. The second-order valence-corrected chi connectivity index (χ2v) is 6.64. The number of nitrogens with zero attached hydrogens (tertiary/aromatic N) is 1. The maximum Gasteiger partial charge on any atom is 0.247 e. The zero-order chi connectivity index (χ0) is 18.7. The maximum atomic E-state index is 12.6. The number of fused-ring (bicyclic) bond motifs is 1. The highest BCUT2D eigenvalue weighted by Crippen LogP contribution is 2.35. The van der Waals surface area contributed by atoms with E-state index in [1.807, 2.05) is 32.9 Å². The summed E-state index contributed by atoms with van der Waals surface area (Å²) >= 11 is 0. The lowest BCUT2D eigenvalue weighted by Gasteiger charge is -2.33. The summed E-state index contributed by atoms with van der Waals surface area (Å²) in [5.41, 5.74) is 1.94. The number of nitrogens with one attached hydrogen (secondary N) is 1. The highest BCUT2D eigenvalue weighted by molar-refractivity contribution is 5.96. The first kappa shape index (κ1) is 18.3. The second kappa shape index (κ2) is 7.81. The van der Waals surface area contributed by atoms with Crippen molar-refractivity contribution in [2.75, 3.05) is 19.7 Å². The minimum atomic E-state index is -0.406. The minimum Gasteiger partial charge on any atom is -0.493 e. The number of carbonyl (C=O) groups is 2. The van der Waals surface area contributed by atoms with Crippen LogP contribution in [0.4, 0.5) is 0 Å². The van der Waals surface area contributed by atoms with E-state index in [2.05, 4.69) is 5.32 Å². The van der Waals surface area contributed by atoms with Gasteiger partial charge in [0.25, 0.3) is 0 Å². The largest absolute Gasteiger partial charge is 0.493 e. The van der Waals surface area contributed by atoms with Gasteiger partial charge in [-0.25, -0.2) is 0 Å². The SMILES string of the molecule is CCOc1cc2c(cc1C=CC(=O)N1CCNC(=O)C1CC)OC(C)C2. The van der Waals surface area contributed by atoms with Crippen molar-refractivity contribution < 1.29 is 19.1 Å². The molecule has 1 fully saturated rings. The first-order valence-electron chi connectivity index (χ1n) is 9.26. The standard InChI is InChI=1S/C20H26N2O4/c1-4-16-20(24)21-8-9-22(16)19(23)7-6-14-11-18-15(10-13(3)26-18)12-17(14)25-5-2/h6-7,11-13,16H,4-5,8-10H2,1-3H3,(H,21,24). The molecule has 2 atom stereocenters. The first-order chi connectivity index (χ1) is 12.5. The summed E-state index contributed by atoms with van der Waals surface area (Å²) in [5, 5.41) is 2.81. The number of rotatable bonds is 5. The van der Waals surface area contributed by atoms with Crippen molar-refractivity contribution in [2.45, 2.75) is 45.8 Å². The average molecular weight is 358 g/mol. The molecule has 1 N–H and O–H groups in total. The topological polar surface area (TPSA) is 67.9 Å². The van der Waals surface area contributed by atoms with Crippen molar-refractivity contribution in [1.82, 2.24) is 10.2 Å². The molecular formula is C20H26N2O4. The molecule has 0 saturated carbocycles. The molecule has 2 unspecified atom stereocenters. The lowest BCUT2D eigenvalue weighted by molar-refractivity contribution is -0.140. The highest BCUT2D eigenvalue weighted by atomic mass is 16.5. The van der Waals surface area contributed by atoms with Crippen LogP contribution in [0.25, 0.3) is 6.08 Å². The molecule has 0 bridgehead atoms. The molecule has 3 rings (SSSR count). The molecule has 26 heavy (non-hydrogen) atoms. The molecule has 2 heterocycles. The molecule has 1 aromatic carbocycles. The lowest BCUT2D eigenvalue weighted by Crippen LogP contribution is -2.56. The summed E-state index contributed by atoms with van der Waals surface area (Å²) in [6, 6.07) is 3.51. The molecule has 2 aliphatic rings. The monoisotopic (exact) mass is 358 g/mol. The average Bonchev–Trinajstić information content (AvgIpc) is 2.98. The van der Waals surface area contributed by atoms with E-state index in [1.54, 1.807) is 11.0 Å². The van der Waals surface area contributed by atoms with Crippen LogP contribution in [0.5, 0.6) is 11.5 Å². The highest BCUT2D eigenvalue weighted by Gasteiger charge is 2.30. The molecule has 1 aromatic rings. The smallest absolute Gasteiger partial charge is 0.247 e. The molecule has 0 aliphatic carbocycles. The summed E-state index contributed by atoms with van der Waals surface area (Å²) in [6.07, 6.45) is 4.88. The Bertz CT molecular complexity index is 729. The number of carbonyl (C=O) groups excluding carboxylic acids is 2. The van der Waals surface area contributed by atoms with Crippen molar-refractivity contribution in [3.05, 3.63) is 29.3 Å². The molecule has 0 radical (unpaired) electrons. The van der Waals surface area contributed by atoms with Crippen molar-refractivity contribution >= 4 is 17.9 Å². The van der Waals surface area contributed by atoms with E-state index in [0.29, 0.717) is 26.1 Å². The van der Waals surface area contributed by atoms with Gasteiger partial charge in [0.2, 0.25) is 11.8 Å². The Labute approximate surface area is 154 Å². The van der Waals surface area contributed by atoms with Gasteiger partial charge in [-0.15, -0.1) is 0 Å². The predicted octanol–water partition coefficient (Wildman–Crippen LogP) is 2.16. The Balaban J connectivity index is 1.82. The van der Waals surface area contributed by atoms with E-state index >= 15 is 0 Å². The van der Waals surface area contributed by atoms with Crippen molar-refractivity contribution in [3.63, 3.8) is 0 Å². The number of benzene rings is 1. The van der Waals surface area contributed by atoms with Gasteiger partial charge in [-0.2, -0.15) is 0 Å². The van der Waals surface area contributed by atoms with Crippen LogP contribution in [0.3, 0.4) is 0 Å². The van der Waals surface area contributed by atoms with E-state index in [4.69, 9.17) is 9.47 Å².